The van der Waals surface area contributed by atoms with Gasteiger partial charge in [-0.1, -0.05) is 11.8 Å². The van der Waals surface area contributed by atoms with Crippen LogP contribution >= 0.6 is 11.8 Å². The zero-order chi connectivity index (χ0) is 11.6. The van der Waals surface area contributed by atoms with Gasteiger partial charge in [-0.3, -0.25) is 19.6 Å². The first kappa shape index (κ1) is 11.5. The summed E-state index contributed by atoms with van der Waals surface area (Å²) in [6.07, 6.45) is 0. The third-order valence-corrected chi connectivity index (χ3v) is 2.73. The maximum absolute atomic E-state index is 10.7. The van der Waals surface area contributed by atoms with Gasteiger partial charge in [-0.25, -0.2) is 0 Å². The molecule has 0 fully saturated rings. The molecule has 1 heterocycles. The van der Waals surface area contributed by atoms with E-state index < -0.39 is 10.9 Å². The van der Waals surface area contributed by atoms with E-state index in [4.69, 9.17) is 5.11 Å². The third kappa shape index (κ3) is 2.46. The molecule has 0 aliphatic heterocycles. The maximum Gasteiger partial charge on any atom is 0.323 e. The van der Waals surface area contributed by atoms with Crippen molar-refractivity contribution in [1.29, 1.82) is 0 Å². The summed E-state index contributed by atoms with van der Waals surface area (Å²) in [5.74, 6) is -1.27. The van der Waals surface area contributed by atoms with Crippen LogP contribution in [0.3, 0.4) is 0 Å². The zero-order valence-electron chi connectivity index (χ0n) is 8.13. The Hall–Kier alpha value is -1.57. The van der Waals surface area contributed by atoms with Crippen molar-refractivity contribution < 1.29 is 14.8 Å². The minimum absolute atomic E-state index is 0.122. The van der Waals surface area contributed by atoms with Crippen LogP contribution in [0.25, 0.3) is 0 Å². The summed E-state index contributed by atoms with van der Waals surface area (Å²) in [7, 11) is 1.58. The van der Waals surface area contributed by atoms with Crippen molar-refractivity contribution in [2.24, 2.45) is 7.05 Å². The van der Waals surface area contributed by atoms with E-state index in [1.807, 2.05) is 0 Å². The summed E-state index contributed by atoms with van der Waals surface area (Å²) < 4.78 is 1.36. The number of nitrogens with zero attached hydrogens (tertiary/aromatic N) is 3. The van der Waals surface area contributed by atoms with Gasteiger partial charge in [0.2, 0.25) is 0 Å². The molecule has 0 bridgehead atoms. The lowest BCUT2D eigenvalue weighted by molar-refractivity contribution is -0.388. The van der Waals surface area contributed by atoms with E-state index >= 15 is 0 Å². The molecule has 1 aromatic rings. The highest BCUT2D eigenvalue weighted by atomic mass is 32.2. The molecule has 7 nitrogen and oxygen atoms in total. The van der Waals surface area contributed by atoms with Crippen LogP contribution in [-0.2, 0) is 11.8 Å². The monoisotopic (exact) mass is 231 g/mol. The predicted octanol–water partition coefficient (Wildman–Crippen LogP) is 0.813. The first-order valence-corrected chi connectivity index (χ1v) is 4.94. The Balaban J connectivity index is 3.01. The van der Waals surface area contributed by atoms with Crippen LogP contribution in [0.1, 0.15) is 5.69 Å². The second kappa shape index (κ2) is 4.30. The summed E-state index contributed by atoms with van der Waals surface area (Å²) in [5.41, 5.74) is 0.289. The highest BCUT2D eigenvalue weighted by molar-refractivity contribution is 8.00. The van der Waals surface area contributed by atoms with Crippen molar-refractivity contribution in [2.75, 3.05) is 5.75 Å². The van der Waals surface area contributed by atoms with Gasteiger partial charge in [0, 0.05) is 7.05 Å². The van der Waals surface area contributed by atoms with Crippen molar-refractivity contribution in [3.8, 4) is 0 Å². The number of carboxylic acids is 1. The van der Waals surface area contributed by atoms with Crippen LogP contribution in [-0.4, -0.2) is 31.5 Å². The Bertz CT molecular complexity index is 415. The van der Waals surface area contributed by atoms with Crippen LogP contribution in [0.5, 0.6) is 0 Å². The molecule has 0 aliphatic rings. The zero-order valence-corrected chi connectivity index (χ0v) is 8.95. The SMILES string of the molecule is Cc1c([N+](=O)[O-])c(SCC(=O)O)nn1C. The summed E-state index contributed by atoms with van der Waals surface area (Å²) in [4.78, 5) is 20.5. The molecule has 1 aromatic heterocycles. The maximum atomic E-state index is 10.7. The first-order chi connectivity index (χ1) is 6.93. The van der Waals surface area contributed by atoms with Crippen LogP contribution in [0.4, 0.5) is 5.69 Å². The minimum Gasteiger partial charge on any atom is -0.481 e. The molecule has 0 spiro atoms. The number of hydrogen-bond donors (Lipinski definition) is 1. The molecule has 0 atom stereocenters. The van der Waals surface area contributed by atoms with E-state index in [0.29, 0.717) is 5.69 Å². The molecule has 0 saturated heterocycles. The number of aliphatic carboxylic acids is 1. The molecule has 1 rings (SSSR count). The molecule has 0 unspecified atom stereocenters. The quantitative estimate of drug-likeness (QED) is 0.467. The van der Waals surface area contributed by atoms with Crippen LogP contribution in [0.15, 0.2) is 5.03 Å². The van der Waals surface area contributed by atoms with Crippen LogP contribution in [0, 0.1) is 17.0 Å². The normalized spacial score (nSPS) is 10.3. The molecular formula is C7H9N3O4S. The van der Waals surface area contributed by atoms with Crippen molar-refractivity contribution >= 4 is 23.4 Å². The average Bonchev–Trinajstić information content (AvgIpc) is 2.39. The van der Waals surface area contributed by atoms with E-state index in [9.17, 15) is 14.9 Å². The molecule has 0 aromatic carbocycles. The average molecular weight is 231 g/mol. The number of carbonyl (C=O) groups is 1. The van der Waals surface area contributed by atoms with Gasteiger partial charge in [-0.2, -0.15) is 5.10 Å². The second-order valence-corrected chi connectivity index (χ2v) is 3.77. The van der Waals surface area contributed by atoms with Crippen LogP contribution in [0.2, 0.25) is 0 Å². The summed E-state index contributed by atoms with van der Waals surface area (Å²) in [5, 5.41) is 23.2. The topological polar surface area (TPSA) is 98.3 Å². The smallest absolute Gasteiger partial charge is 0.323 e. The molecule has 0 radical (unpaired) electrons. The molecule has 0 aliphatic carbocycles. The Kier molecular flexibility index (Phi) is 3.30. The van der Waals surface area contributed by atoms with E-state index in [1.165, 1.54) is 4.68 Å². The van der Waals surface area contributed by atoms with E-state index in [0.717, 1.165) is 11.8 Å². The van der Waals surface area contributed by atoms with Crippen molar-refractivity contribution in [1.82, 2.24) is 9.78 Å². The fourth-order valence-corrected chi connectivity index (χ4v) is 1.80. The number of carboxylic acid groups (broad SMARTS) is 1. The fourth-order valence-electron chi connectivity index (χ4n) is 1.00. The van der Waals surface area contributed by atoms with E-state index in [2.05, 4.69) is 5.10 Å². The Morgan fingerprint density at radius 3 is 2.80 bits per heavy atom. The van der Waals surface area contributed by atoms with Gasteiger partial charge in [0.05, 0.1) is 10.7 Å². The van der Waals surface area contributed by atoms with Gasteiger partial charge in [0.15, 0.2) is 5.03 Å². The number of aryl methyl sites for hydroxylation is 1. The van der Waals surface area contributed by atoms with E-state index in [1.54, 1.807) is 14.0 Å². The standard InChI is InChI=1S/C7H9N3O4S/c1-4-6(10(13)14)7(8-9(4)2)15-3-5(11)12/h3H2,1-2H3,(H,11,12). The summed E-state index contributed by atoms with van der Waals surface area (Å²) in [6, 6.07) is 0. The lowest BCUT2D eigenvalue weighted by atomic mass is 10.4. The first-order valence-electron chi connectivity index (χ1n) is 3.96. The number of nitro groups is 1. The van der Waals surface area contributed by atoms with Gasteiger partial charge in [0.25, 0.3) is 0 Å². The Morgan fingerprint density at radius 1 is 1.73 bits per heavy atom. The van der Waals surface area contributed by atoms with Crippen LogP contribution < -0.4 is 0 Å². The largest absolute Gasteiger partial charge is 0.481 e. The lowest BCUT2D eigenvalue weighted by Gasteiger charge is -1.92. The third-order valence-electron chi connectivity index (χ3n) is 1.79. The number of hydrogen-bond acceptors (Lipinski definition) is 5. The highest BCUT2D eigenvalue weighted by Gasteiger charge is 2.24. The van der Waals surface area contributed by atoms with Crippen molar-refractivity contribution in [3.05, 3.63) is 15.8 Å². The Labute approximate surface area is 89.2 Å². The lowest BCUT2D eigenvalue weighted by Crippen LogP contribution is -1.98. The summed E-state index contributed by atoms with van der Waals surface area (Å²) >= 11 is 0.845. The molecule has 1 N–H and O–H groups in total. The molecule has 82 valence electrons. The van der Waals surface area contributed by atoms with Crippen molar-refractivity contribution in [2.45, 2.75) is 11.9 Å². The van der Waals surface area contributed by atoms with Gasteiger partial charge in [-0.05, 0) is 6.92 Å². The molecule has 15 heavy (non-hydrogen) atoms. The fraction of sp³-hybridized carbons (Fsp3) is 0.429. The minimum atomic E-state index is -1.03. The number of rotatable bonds is 4. The predicted molar refractivity (Wildman–Crippen MR) is 53.0 cm³/mol. The number of thioether (sulfide) groups is 1. The van der Waals surface area contributed by atoms with Gasteiger partial charge >= 0.3 is 11.7 Å². The Morgan fingerprint density at radius 2 is 2.33 bits per heavy atom. The van der Waals surface area contributed by atoms with Crippen molar-refractivity contribution in [3.63, 3.8) is 0 Å². The number of aromatic nitrogens is 2. The van der Waals surface area contributed by atoms with Gasteiger partial charge in [-0.15, -0.1) is 0 Å². The molecule has 8 heteroatoms. The second-order valence-electron chi connectivity index (χ2n) is 2.80. The van der Waals surface area contributed by atoms with E-state index in [-0.39, 0.29) is 16.5 Å². The molecule has 0 saturated carbocycles. The highest BCUT2D eigenvalue weighted by Crippen LogP contribution is 2.30. The summed E-state index contributed by atoms with van der Waals surface area (Å²) in [6.45, 7) is 1.57. The van der Waals surface area contributed by atoms with Gasteiger partial charge < -0.3 is 5.11 Å². The van der Waals surface area contributed by atoms with Gasteiger partial charge in [0.1, 0.15) is 5.69 Å². The molecule has 0 amide bonds. The molecular weight excluding hydrogens is 222 g/mol.